The molecule has 0 aliphatic carbocycles. The molecule has 0 aliphatic rings. The lowest BCUT2D eigenvalue weighted by Crippen LogP contribution is -2.17. The van der Waals surface area contributed by atoms with Crippen molar-refractivity contribution in [3.05, 3.63) is 59.3 Å². The highest BCUT2D eigenvalue weighted by molar-refractivity contribution is 6.57. The van der Waals surface area contributed by atoms with Crippen LogP contribution in [0.2, 0.25) is 6.55 Å². The minimum Gasteiger partial charge on any atom is -0.543 e. The number of benzene rings is 1. The van der Waals surface area contributed by atoms with Crippen LogP contribution < -0.4 is 10.2 Å². The second-order valence-electron chi connectivity index (χ2n) is 5.13. The van der Waals surface area contributed by atoms with Gasteiger partial charge in [-0.2, -0.15) is 0 Å². The highest BCUT2D eigenvalue weighted by Crippen LogP contribution is 2.23. The summed E-state index contributed by atoms with van der Waals surface area (Å²) in [6.07, 6.45) is 5.54. The molecule has 0 amide bonds. The molecule has 0 radical (unpaired) electrons. The van der Waals surface area contributed by atoms with Gasteiger partial charge in [0, 0.05) is 24.0 Å². The predicted octanol–water partition coefficient (Wildman–Crippen LogP) is 2.79. The number of aromatic nitrogens is 2. The van der Waals surface area contributed by atoms with Gasteiger partial charge >= 0.3 is 0 Å². The van der Waals surface area contributed by atoms with E-state index in [0.717, 1.165) is 16.9 Å². The highest BCUT2D eigenvalue weighted by Gasteiger charge is 2.10. The molecule has 0 spiro atoms. The zero-order chi connectivity index (χ0) is 15.2. The summed E-state index contributed by atoms with van der Waals surface area (Å²) >= 11 is 0. The van der Waals surface area contributed by atoms with E-state index in [-0.39, 0.29) is 6.04 Å². The van der Waals surface area contributed by atoms with E-state index in [1.54, 1.807) is 0 Å². The van der Waals surface area contributed by atoms with Crippen molar-refractivity contribution in [1.29, 1.82) is 0 Å². The van der Waals surface area contributed by atoms with Crippen LogP contribution >= 0.6 is 0 Å². The van der Waals surface area contributed by atoms with Gasteiger partial charge in [0.15, 0.2) is 5.82 Å². The molecule has 0 saturated heterocycles. The molecule has 0 bridgehead atoms. The van der Waals surface area contributed by atoms with E-state index in [9.17, 15) is 0 Å². The van der Waals surface area contributed by atoms with Crippen molar-refractivity contribution in [1.82, 2.24) is 9.97 Å². The molecular weight excluding hydrogens is 278 g/mol. The molecule has 0 fully saturated rings. The maximum absolute atomic E-state index is 6.07. The van der Waals surface area contributed by atoms with Gasteiger partial charge < -0.3 is 10.2 Å². The van der Waals surface area contributed by atoms with Crippen LogP contribution in [0.4, 0.5) is 0 Å². The summed E-state index contributed by atoms with van der Waals surface area (Å²) in [6, 6.07) is 7.89. The first-order chi connectivity index (χ1) is 10.1. The fourth-order valence-electron chi connectivity index (χ4n) is 1.91. The van der Waals surface area contributed by atoms with Crippen LogP contribution in [-0.4, -0.2) is 19.0 Å². The summed E-state index contributed by atoms with van der Waals surface area (Å²) in [5, 5.41) is 0. The Morgan fingerprint density at radius 2 is 1.90 bits per heavy atom. The number of aryl methyl sites for hydroxylation is 1. The second-order valence-corrected chi connectivity index (χ2v) is 7.16. The number of hydrogen-bond acceptors (Lipinski definition) is 4. The maximum atomic E-state index is 6.07. The lowest BCUT2D eigenvalue weighted by atomic mass is 10.1. The van der Waals surface area contributed by atoms with Crippen LogP contribution in [0.3, 0.4) is 0 Å². The van der Waals surface area contributed by atoms with Crippen LogP contribution in [0.1, 0.15) is 29.9 Å². The van der Waals surface area contributed by atoms with Gasteiger partial charge in [-0.25, -0.2) is 9.97 Å². The summed E-state index contributed by atoms with van der Waals surface area (Å²) in [5.41, 5.74) is 10.1. The van der Waals surface area contributed by atoms with Gasteiger partial charge in [-0.3, -0.25) is 0 Å². The Morgan fingerprint density at radius 3 is 2.57 bits per heavy atom. The normalized spacial score (nSPS) is 14.1. The molecule has 0 saturated carbocycles. The molecule has 4 nitrogen and oxygen atoms in total. The van der Waals surface area contributed by atoms with Crippen molar-refractivity contribution in [2.75, 3.05) is 0 Å². The Balaban J connectivity index is 2.05. The van der Waals surface area contributed by atoms with Crippen LogP contribution in [0.15, 0.2) is 42.4 Å². The van der Waals surface area contributed by atoms with E-state index in [0.29, 0.717) is 5.82 Å². The minimum absolute atomic E-state index is 0.0354. The lowest BCUT2D eigenvalue weighted by molar-refractivity contribution is 0.567. The summed E-state index contributed by atoms with van der Waals surface area (Å²) in [5.74, 6) is 1.59. The average Bonchev–Trinajstić information content (AvgIpc) is 2.47. The molecule has 1 aromatic heterocycles. The second kappa shape index (κ2) is 7.15. The van der Waals surface area contributed by atoms with E-state index in [2.05, 4.69) is 22.2 Å². The Kier molecular flexibility index (Phi) is 5.24. The van der Waals surface area contributed by atoms with E-state index < -0.39 is 9.04 Å². The van der Waals surface area contributed by atoms with Gasteiger partial charge in [-0.15, -0.1) is 0 Å². The number of rotatable bonds is 5. The van der Waals surface area contributed by atoms with Crippen molar-refractivity contribution >= 4 is 15.1 Å². The van der Waals surface area contributed by atoms with Crippen molar-refractivity contribution in [3.63, 3.8) is 0 Å². The van der Waals surface area contributed by atoms with Crippen LogP contribution in [0.5, 0.6) is 5.75 Å². The third-order valence-electron chi connectivity index (χ3n) is 3.04. The Labute approximate surface area is 127 Å². The first kappa shape index (κ1) is 15.4. The molecule has 2 atom stereocenters. The standard InChI is InChI=1S/C16H21N3OSi/c1-12-10-18-16(19-11-12)8-9-21(3)20-15-7-5-4-6-14(15)13(2)17/h4-11,13,21H,17H2,1-3H3/b9-8+. The predicted molar refractivity (Wildman–Crippen MR) is 88.5 cm³/mol. The monoisotopic (exact) mass is 299 g/mol. The maximum Gasteiger partial charge on any atom is 0.257 e. The number of nitrogens with zero attached hydrogens (tertiary/aromatic N) is 2. The molecule has 0 aliphatic heterocycles. The summed E-state index contributed by atoms with van der Waals surface area (Å²) in [7, 11) is -1.50. The molecule has 21 heavy (non-hydrogen) atoms. The Morgan fingerprint density at radius 1 is 1.24 bits per heavy atom. The topological polar surface area (TPSA) is 61.0 Å². The van der Waals surface area contributed by atoms with Gasteiger partial charge in [-0.05, 0) is 38.1 Å². The smallest absolute Gasteiger partial charge is 0.257 e. The largest absolute Gasteiger partial charge is 0.543 e. The van der Waals surface area contributed by atoms with Gasteiger partial charge in [-0.1, -0.05) is 23.9 Å². The van der Waals surface area contributed by atoms with E-state index in [1.165, 1.54) is 0 Å². The third-order valence-corrected chi connectivity index (χ3v) is 4.40. The van der Waals surface area contributed by atoms with Crippen LogP contribution in [0, 0.1) is 6.92 Å². The van der Waals surface area contributed by atoms with Gasteiger partial charge in [0.2, 0.25) is 0 Å². The van der Waals surface area contributed by atoms with Crippen LogP contribution in [-0.2, 0) is 0 Å². The van der Waals surface area contributed by atoms with Gasteiger partial charge in [0.1, 0.15) is 5.75 Å². The lowest BCUT2D eigenvalue weighted by Gasteiger charge is -2.16. The summed E-state index contributed by atoms with van der Waals surface area (Å²) < 4.78 is 6.07. The fourth-order valence-corrected chi connectivity index (χ4v) is 3.05. The highest BCUT2D eigenvalue weighted by atomic mass is 28.3. The van der Waals surface area contributed by atoms with Crippen molar-refractivity contribution in [2.24, 2.45) is 5.73 Å². The SMILES string of the molecule is Cc1cnc(/C=C/[SiH](C)Oc2ccccc2C(C)N)nc1. The zero-order valence-corrected chi connectivity index (χ0v) is 13.8. The molecule has 5 heteroatoms. The molecule has 110 valence electrons. The molecule has 1 aromatic carbocycles. The molecular formula is C16H21N3OSi. The summed E-state index contributed by atoms with van der Waals surface area (Å²) in [4.78, 5) is 8.50. The first-order valence-corrected chi connectivity index (χ1v) is 9.33. The molecule has 2 rings (SSSR count). The van der Waals surface area contributed by atoms with Gasteiger partial charge in [0.25, 0.3) is 9.04 Å². The van der Waals surface area contributed by atoms with Gasteiger partial charge in [0.05, 0.1) is 0 Å². The third kappa shape index (κ3) is 4.51. The number of nitrogens with two attached hydrogens (primary N) is 1. The minimum atomic E-state index is -1.50. The zero-order valence-electron chi connectivity index (χ0n) is 12.7. The fraction of sp³-hybridized carbons (Fsp3) is 0.250. The van der Waals surface area contributed by atoms with Crippen molar-refractivity contribution in [2.45, 2.75) is 26.4 Å². The summed E-state index contributed by atoms with van der Waals surface area (Å²) in [6.45, 7) is 6.05. The quantitative estimate of drug-likeness (QED) is 0.862. The first-order valence-electron chi connectivity index (χ1n) is 7.04. The molecule has 2 unspecified atom stereocenters. The van der Waals surface area contributed by atoms with Crippen LogP contribution in [0.25, 0.3) is 6.08 Å². The van der Waals surface area contributed by atoms with Crippen molar-refractivity contribution < 1.29 is 4.43 Å². The molecule has 2 N–H and O–H groups in total. The van der Waals surface area contributed by atoms with Crippen molar-refractivity contribution in [3.8, 4) is 5.75 Å². The molecule has 1 heterocycles. The number of hydrogen-bond donors (Lipinski definition) is 1. The van der Waals surface area contributed by atoms with E-state index >= 15 is 0 Å². The Hall–Kier alpha value is -1.98. The van der Waals surface area contributed by atoms with E-state index in [1.807, 2.05) is 56.6 Å². The Bertz CT molecular complexity index is 611. The van der Waals surface area contributed by atoms with E-state index in [4.69, 9.17) is 10.2 Å². The number of para-hydroxylation sites is 1. The molecule has 2 aromatic rings. The average molecular weight is 299 g/mol.